The molecule has 9 rings (SSSR count). The van der Waals surface area contributed by atoms with Crippen LogP contribution in [0, 0.1) is 18.8 Å². The van der Waals surface area contributed by atoms with E-state index < -0.39 is 17.1 Å². The lowest BCUT2D eigenvalue weighted by Gasteiger charge is -2.23. The lowest BCUT2D eigenvalue weighted by Crippen LogP contribution is -2.29. The first-order valence-electron chi connectivity index (χ1n) is 22.6. The Morgan fingerprint density at radius 2 is 1.07 bits per heavy atom. The first-order chi connectivity index (χ1) is 32.1. The topological polar surface area (TPSA) is 123 Å². The van der Waals surface area contributed by atoms with Crippen LogP contribution in [0.2, 0.25) is 0 Å². The van der Waals surface area contributed by atoms with Gasteiger partial charge in [-0.1, -0.05) is 161 Å². The molecule has 7 aromatic carbocycles. The molecular formula is C55H59BN4O4S3. The van der Waals surface area contributed by atoms with Crippen molar-refractivity contribution in [3.63, 3.8) is 0 Å². The monoisotopic (exact) mass is 946 g/mol. The number of rotatable bonds is 11. The minimum absolute atomic E-state index is 0.190. The van der Waals surface area contributed by atoms with Crippen LogP contribution in [0.25, 0.3) is 0 Å². The Hall–Kier alpha value is -5.76. The van der Waals surface area contributed by atoms with Gasteiger partial charge in [0.05, 0.1) is 33.4 Å². The molecule has 0 fully saturated rings. The summed E-state index contributed by atoms with van der Waals surface area (Å²) in [6.45, 7) is 14.8. The molecule has 0 amide bonds. The first-order valence-corrected chi connectivity index (χ1v) is 25.8. The minimum Gasteiger partial charge on any atom is -0.423 e. The number of benzene rings is 7. The second-order valence-corrected chi connectivity index (χ2v) is 21.6. The van der Waals surface area contributed by atoms with Crippen molar-refractivity contribution in [2.24, 2.45) is 16.9 Å². The standard InChI is InChI=1S/C24H25NS.C21H19N3O2S2.C10H15BO2/c1-16(2)14-18-8-10-19(11-9-18)17(3)20-12-13-24-22(15-20)25-21-6-4-5-7-23(21)26-24;1-14-7-10-17(11-8-14)28(25,26)24-23-15(2)16-9-12-21-19(13-16)22-18-5-3-4-6-20(18)27-21;1-8(2)7-9-3-5-10(6-4-9)11(12)13/h4-13,15-17,25H,14H2,1-3H3;3-13,22,24H,1-2H3;3-6,8,12-13H,7H2,1-2H3/b;23-15+;. The lowest BCUT2D eigenvalue weighted by atomic mass is 9.80. The fraction of sp³-hybridized carbons (Fsp3) is 0.218. The van der Waals surface area contributed by atoms with E-state index in [0.29, 0.717) is 28.9 Å². The molecule has 1 unspecified atom stereocenters. The Bertz CT molecular complexity index is 2920. The summed E-state index contributed by atoms with van der Waals surface area (Å²) in [5.74, 6) is 1.72. The van der Waals surface area contributed by atoms with Gasteiger partial charge in [-0.3, -0.25) is 0 Å². The molecule has 2 aliphatic rings. The molecule has 0 aromatic heterocycles. The van der Waals surface area contributed by atoms with Gasteiger partial charge >= 0.3 is 7.12 Å². The van der Waals surface area contributed by atoms with E-state index in [9.17, 15) is 8.42 Å². The van der Waals surface area contributed by atoms with Gasteiger partial charge in [0.15, 0.2) is 0 Å². The van der Waals surface area contributed by atoms with Crippen molar-refractivity contribution in [2.75, 3.05) is 10.6 Å². The second-order valence-electron chi connectivity index (χ2n) is 17.8. The number of para-hydroxylation sites is 2. The molecule has 0 radical (unpaired) electrons. The summed E-state index contributed by atoms with van der Waals surface area (Å²) >= 11 is 3.55. The molecule has 2 aliphatic heterocycles. The molecule has 0 saturated heterocycles. The summed E-state index contributed by atoms with van der Waals surface area (Å²) in [7, 11) is -5.05. The molecule has 0 spiro atoms. The van der Waals surface area contributed by atoms with E-state index in [1.165, 1.54) is 48.3 Å². The molecule has 1 atom stereocenters. The minimum atomic E-state index is -3.69. The maximum absolute atomic E-state index is 12.4. The zero-order valence-corrected chi connectivity index (χ0v) is 41.6. The predicted octanol–water partition coefficient (Wildman–Crippen LogP) is 12.7. The van der Waals surface area contributed by atoms with Crippen LogP contribution in [0.15, 0.2) is 187 Å². The third-order valence-corrected chi connectivity index (χ3v) is 14.9. The molecule has 8 nitrogen and oxygen atoms in total. The fourth-order valence-corrected chi connectivity index (χ4v) is 10.5. The number of aryl methyl sites for hydroxylation is 1. The van der Waals surface area contributed by atoms with E-state index >= 15 is 0 Å². The first kappa shape index (κ1) is 49.2. The van der Waals surface area contributed by atoms with Crippen molar-refractivity contribution < 1.29 is 18.5 Å². The highest BCUT2D eigenvalue weighted by Crippen LogP contribution is 2.46. The summed E-state index contributed by atoms with van der Waals surface area (Å²) in [6, 6.07) is 52.6. The Balaban J connectivity index is 0.000000159. The highest BCUT2D eigenvalue weighted by molar-refractivity contribution is 8.00. The van der Waals surface area contributed by atoms with Gasteiger partial charge in [-0.25, -0.2) is 0 Å². The average Bonchev–Trinajstić information content (AvgIpc) is 3.32. The van der Waals surface area contributed by atoms with Crippen LogP contribution < -0.4 is 20.9 Å². The molecule has 5 N–H and O–H groups in total. The van der Waals surface area contributed by atoms with Gasteiger partial charge in [0.1, 0.15) is 0 Å². The fourth-order valence-electron chi connectivity index (χ4n) is 7.66. The van der Waals surface area contributed by atoms with Crippen LogP contribution in [0.4, 0.5) is 22.7 Å². The molecule has 2 heterocycles. The highest BCUT2D eigenvalue weighted by atomic mass is 32.2. The number of hydrogen-bond donors (Lipinski definition) is 5. The van der Waals surface area contributed by atoms with Crippen molar-refractivity contribution in [3.8, 4) is 0 Å². The van der Waals surface area contributed by atoms with Crippen LogP contribution in [-0.4, -0.2) is 31.3 Å². The second kappa shape index (κ2) is 22.4. The van der Waals surface area contributed by atoms with Crippen LogP contribution >= 0.6 is 23.5 Å². The summed E-state index contributed by atoms with van der Waals surface area (Å²) in [5, 5.41) is 28.8. The molecular weight excluding hydrogens is 888 g/mol. The van der Waals surface area contributed by atoms with Crippen molar-refractivity contribution in [1.29, 1.82) is 0 Å². The van der Waals surface area contributed by atoms with Crippen LogP contribution in [0.5, 0.6) is 0 Å². The van der Waals surface area contributed by atoms with Gasteiger partial charge in [0.25, 0.3) is 10.0 Å². The summed E-state index contributed by atoms with van der Waals surface area (Å²) < 4.78 is 24.8. The van der Waals surface area contributed by atoms with Crippen molar-refractivity contribution in [1.82, 2.24) is 4.83 Å². The van der Waals surface area contributed by atoms with Crippen LogP contribution in [0.3, 0.4) is 0 Å². The number of nitrogens with one attached hydrogen (secondary N) is 3. The smallest absolute Gasteiger partial charge is 0.423 e. The highest BCUT2D eigenvalue weighted by Gasteiger charge is 2.19. The van der Waals surface area contributed by atoms with Gasteiger partial charge < -0.3 is 20.7 Å². The number of hydrogen-bond acceptors (Lipinski definition) is 9. The summed E-state index contributed by atoms with van der Waals surface area (Å²) in [5.41, 5.74) is 12.8. The zero-order chi connectivity index (χ0) is 47.7. The molecule has 7 aromatic rings. The largest absolute Gasteiger partial charge is 0.488 e. The van der Waals surface area contributed by atoms with Gasteiger partial charge in [-0.15, -0.1) is 0 Å². The zero-order valence-electron chi connectivity index (χ0n) is 39.1. The summed E-state index contributed by atoms with van der Waals surface area (Å²) in [4.78, 5) is 7.40. The Kier molecular flexibility index (Phi) is 16.4. The summed E-state index contributed by atoms with van der Waals surface area (Å²) in [6.07, 6.45) is 2.18. The normalized spacial score (nSPS) is 12.9. The molecule has 67 heavy (non-hydrogen) atoms. The van der Waals surface area contributed by atoms with Crippen molar-refractivity contribution in [3.05, 3.63) is 191 Å². The van der Waals surface area contributed by atoms with Crippen molar-refractivity contribution in [2.45, 2.75) is 91.7 Å². The SMILES string of the molecule is C/C(=N\NS(=O)(=O)c1ccc(C)cc1)c1ccc2c(c1)Nc1ccccc1S2.CC(C)Cc1ccc(B(O)O)cc1.CC(C)Cc1ccc(C(C)c2ccc3c(c2)Nc2ccccc2S3)cc1. The maximum atomic E-state index is 12.4. The molecule has 0 aliphatic carbocycles. The van der Waals surface area contributed by atoms with E-state index in [1.54, 1.807) is 55.1 Å². The van der Waals surface area contributed by atoms with E-state index in [2.05, 4.69) is 128 Å². The van der Waals surface area contributed by atoms with E-state index in [0.717, 1.165) is 40.2 Å². The Labute approximate surface area is 406 Å². The van der Waals surface area contributed by atoms with Crippen molar-refractivity contribution >= 4 is 74.6 Å². The molecule has 344 valence electrons. The number of fused-ring (bicyclic) bond motifs is 4. The van der Waals surface area contributed by atoms with Gasteiger partial charge in [-0.2, -0.15) is 18.4 Å². The number of anilines is 4. The number of hydrazone groups is 1. The average molecular weight is 947 g/mol. The van der Waals surface area contributed by atoms with Gasteiger partial charge in [0.2, 0.25) is 0 Å². The maximum Gasteiger partial charge on any atom is 0.488 e. The quantitative estimate of drug-likeness (QED) is 0.0494. The van der Waals surface area contributed by atoms with Crippen LogP contribution in [-0.2, 0) is 22.9 Å². The van der Waals surface area contributed by atoms with E-state index in [1.807, 2.05) is 67.2 Å². The third kappa shape index (κ3) is 13.2. The predicted molar refractivity (Wildman–Crippen MR) is 282 cm³/mol. The third-order valence-electron chi connectivity index (χ3n) is 11.4. The van der Waals surface area contributed by atoms with Gasteiger partial charge in [-0.05, 0) is 132 Å². The van der Waals surface area contributed by atoms with Gasteiger partial charge in [0, 0.05) is 25.5 Å². The molecule has 12 heteroatoms. The molecule has 0 bridgehead atoms. The lowest BCUT2D eigenvalue weighted by molar-refractivity contribution is 0.425. The van der Waals surface area contributed by atoms with Crippen LogP contribution in [0.1, 0.15) is 80.8 Å². The number of nitrogens with zero attached hydrogens (tertiary/aromatic N) is 1. The molecule has 0 saturated carbocycles. The Morgan fingerprint density at radius 1 is 0.597 bits per heavy atom. The van der Waals surface area contributed by atoms with E-state index in [-0.39, 0.29) is 4.90 Å². The van der Waals surface area contributed by atoms with E-state index in [4.69, 9.17) is 10.0 Å². The number of sulfonamides is 1. The Morgan fingerprint density at radius 3 is 1.61 bits per heavy atom.